The molecule has 94 valence electrons. The maximum absolute atomic E-state index is 12.8. The molecule has 0 fully saturated rings. The Hall–Kier alpha value is -2.11. The van der Waals surface area contributed by atoms with Crippen LogP contribution < -0.4 is 0 Å². The number of nitrogens with zero attached hydrogens (tertiary/aromatic N) is 2. The zero-order valence-electron chi connectivity index (χ0n) is 9.19. The van der Waals surface area contributed by atoms with Crippen LogP contribution in [-0.4, -0.2) is 16.1 Å². The lowest BCUT2D eigenvalue weighted by molar-refractivity contribution is -0.142. The SMILES string of the molecule is O=CCc1cc(C(F)(F)F)n(-c2ccccc2)n1. The first-order valence-electron chi connectivity index (χ1n) is 5.17. The van der Waals surface area contributed by atoms with Gasteiger partial charge in [-0.1, -0.05) is 18.2 Å². The van der Waals surface area contributed by atoms with Crippen LogP contribution in [0, 0.1) is 0 Å². The summed E-state index contributed by atoms with van der Waals surface area (Å²) < 4.78 is 39.3. The van der Waals surface area contributed by atoms with Gasteiger partial charge >= 0.3 is 6.18 Å². The molecule has 0 amide bonds. The number of hydrogen-bond acceptors (Lipinski definition) is 2. The second-order valence-corrected chi connectivity index (χ2v) is 3.64. The highest BCUT2D eigenvalue weighted by molar-refractivity contribution is 5.54. The number of carbonyl (C=O) groups is 1. The number of aromatic nitrogens is 2. The molecule has 1 aromatic heterocycles. The van der Waals surface area contributed by atoms with Crippen molar-refractivity contribution in [1.29, 1.82) is 0 Å². The standard InChI is InChI=1S/C12H9F3N2O/c13-12(14,15)11-8-9(6-7-18)16-17(11)10-4-2-1-3-5-10/h1-5,7-8H,6H2. The van der Waals surface area contributed by atoms with E-state index in [4.69, 9.17) is 0 Å². The Balaban J connectivity index is 2.54. The molecule has 0 aliphatic rings. The average Bonchev–Trinajstić information content (AvgIpc) is 2.75. The van der Waals surface area contributed by atoms with E-state index in [0.717, 1.165) is 10.7 Å². The molecule has 0 aliphatic heterocycles. The first-order chi connectivity index (χ1) is 8.52. The van der Waals surface area contributed by atoms with Gasteiger partial charge in [0.25, 0.3) is 0 Å². The fraction of sp³-hybridized carbons (Fsp3) is 0.167. The van der Waals surface area contributed by atoms with Gasteiger partial charge in [-0.15, -0.1) is 0 Å². The summed E-state index contributed by atoms with van der Waals surface area (Å²) in [7, 11) is 0. The normalized spacial score (nSPS) is 11.5. The van der Waals surface area contributed by atoms with Crippen molar-refractivity contribution in [1.82, 2.24) is 9.78 Å². The van der Waals surface area contributed by atoms with Crippen LogP contribution in [0.1, 0.15) is 11.4 Å². The van der Waals surface area contributed by atoms with Crippen LogP contribution in [0.4, 0.5) is 13.2 Å². The molecule has 6 heteroatoms. The summed E-state index contributed by atoms with van der Waals surface area (Å²) in [5.41, 5.74) is -0.478. The molecule has 18 heavy (non-hydrogen) atoms. The summed E-state index contributed by atoms with van der Waals surface area (Å²) >= 11 is 0. The van der Waals surface area contributed by atoms with Crippen molar-refractivity contribution in [2.24, 2.45) is 0 Å². The van der Waals surface area contributed by atoms with Gasteiger partial charge in [0.2, 0.25) is 0 Å². The number of halogens is 3. The van der Waals surface area contributed by atoms with Crippen molar-refractivity contribution >= 4 is 6.29 Å². The van der Waals surface area contributed by atoms with E-state index in [2.05, 4.69) is 5.10 Å². The van der Waals surface area contributed by atoms with Crippen molar-refractivity contribution in [2.75, 3.05) is 0 Å². The monoisotopic (exact) mass is 254 g/mol. The Morgan fingerprint density at radius 3 is 2.44 bits per heavy atom. The molecule has 0 saturated heterocycles. The molecule has 2 rings (SSSR count). The van der Waals surface area contributed by atoms with E-state index in [1.54, 1.807) is 18.2 Å². The van der Waals surface area contributed by atoms with Gasteiger partial charge < -0.3 is 4.79 Å². The minimum absolute atomic E-state index is 0.0983. The third-order valence-corrected chi connectivity index (χ3v) is 2.34. The second kappa shape index (κ2) is 4.64. The molecule has 3 nitrogen and oxygen atoms in total. The van der Waals surface area contributed by atoms with Crippen LogP contribution in [0.5, 0.6) is 0 Å². The summed E-state index contributed by atoms with van der Waals surface area (Å²) in [4.78, 5) is 10.4. The summed E-state index contributed by atoms with van der Waals surface area (Å²) in [6, 6.07) is 8.88. The molecule has 0 saturated carbocycles. The van der Waals surface area contributed by atoms with E-state index in [1.165, 1.54) is 12.1 Å². The molecule has 0 aliphatic carbocycles. The van der Waals surface area contributed by atoms with Gasteiger partial charge in [-0.3, -0.25) is 0 Å². The molecular weight excluding hydrogens is 245 g/mol. The highest BCUT2D eigenvalue weighted by Gasteiger charge is 2.36. The molecule has 0 atom stereocenters. The van der Waals surface area contributed by atoms with Gasteiger partial charge in [-0.05, 0) is 18.2 Å². The van der Waals surface area contributed by atoms with E-state index in [-0.39, 0.29) is 12.1 Å². The molecule has 0 radical (unpaired) electrons. The Kier molecular flexibility index (Phi) is 3.18. The minimum Gasteiger partial charge on any atom is -0.303 e. The molecule has 1 heterocycles. The lowest BCUT2D eigenvalue weighted by Gasteiger charge is -2.09. The van der Waals surface area contributed by atoms with E-state index in [9.17, 15) is 18.0 Å². The third kappa shape index (κ3) is 2.42. The van der Waals surface area contributed by atoms with Gasteiger partial charge in [-0.2, -0.15) is 18.3 Å². The second-order valence-electron chi connectivity index (χ2n) is 3.64. The van der Waals surface area contributed by atoms with Gasteiger partial charge in [0.1, 0.15) is 12.0 Å². The average molecular weight is 254 g/mol. The maximum Gasteiger partial charge on any atom is 0.433 e. The molecular formula is C12H9F3N2O. The number of rotatable bonds is 3. The van der Waals surface area contributed by atoms with Gasteiger partial charge in [0.05, 0.1) is 11.4 Å². The number of carbonyl (C=O) groups excluding carboxylic acids is 1. The summed E-state index contributed by atoms with van der Waals surface area (Å²) in [5.74, 6) is 0. The smallest absolute Gasteiger partial charge is 0.303 e. The molecule has 0 unspecified atom stereocenters. The first-order valence-corrected chi connectivity index (χ1v) is 5.17. The van der Waals surface area contributed by atoms with Gasteiger partial charge in [0.15, 0.2) is 0 Å². The predicted octanol–water partition coefficient (Wildman–Crippen LogP) is 2.63. The first kappa shape index (κ1) is 12.3. The number of alkyl halides is 3. The fourth-order valence-corrected chi connectivity index (χ4v) is 1.58. The highest BCUT2D eigenvalue weighted by atomic mass is 19.4. The van der Waals surface area contributed by atoms with Crippen molar-refractivity contribution in [2.45, 2.75) is 12.6 Å². The van der Waals surface area contributed by atoms with E-state index in [1.807, 2.05) is 0 Å². The fourth-order valence-electron chi connectivity index (χ4n) is 1.58. The Bertz CT molecular complexity index is 546. The van der Waals surface area contributed by atoms with Crippen LogP contribution >= 0.6 is 0 Å². The number of benzene rings is 1. The van der Waals surface area contributed by atoms with Crippen LogP contribution in [0.15, 0.2) is 36.4 Å². The Morgan fingerprint density at radius 1 is 1.22 bits per heavy atom. The van der Waals surface area contributed by atoms with Crippen molar-refractivity contribution in [3.8, 4) is 5.69 Å². The van der Waals surface area contributed by atoms with E-state index < -0.39 is 11.9 Å². The Morgan fingerprint density at radius 2 is 1.89 bits per heavy atom. The number of hydrogen-bond donors (Lipinski definition) is 0. The molecule has 0 bridgehead atoms. The van der Waals surface area contributed by atoms with Crippen molar-refractivity contribution < 1.29 is 18.0 Å². The van der Waals surface area contributed by atoms with E-state index in [0.29, 0.717) is 12.0 Å². The van der Waals surface area contributed by atoms with Crippen LogP contribution in [-0.2, 0) is 17.4 Å². The molecule has 2 aromatic rings. The topological polar surface area (TPSA) is 34.9 Å². The highest BCUT2D eigenvalue weighted by Crippen LogP contribution is 2.31. The summed E-state index contributed by atoms with van der Waals surface area (Å²) in [6.07, 6.45) is -4.12. The lowest BCUT2D eigenvalue weighted by atomic mass is 10.3. The lowest BCUT2D eigenvalue weighted by Crippen LogP contribution is -2.13. The zero-order chi connectivity index (χ0) is 13.2. The number of para-hydroxylation sites is 1. The van der Waals surface area contributed by atoms with Gasteiger partial charge in [-0.25, -0.2) is 4.68 Å². The largest absolute Gasteiger partial charge is 0.433 e. The van der Waals surface area contributed by atoms with Crippen LogP contribution in [0.3, 0.4) is 0 Å². The van der Waals surface area contributed by atoms with Gasteiger partial charge in [0, 0.05) is 6.42 Å². The maximum atomic E-state index is 12.8. The Labute approximate surface area is 101 Å². The summed E-state index contributed by atoms with van der Waals surface area (Å²) in [5, 5.41) is 3.80. The van der Waals surface area contributed by atoms with Crippen LogP contribution in [0.25, 0.3) is 5.69 Å². The van der Waals surface area contributed by atoms with Crippen LogP contribution in [0.2, 0.25) is 0 Å². The van der Waals surface area contributed by atoms with E-state index >= 15 is 0 Å². The quantitative estimate of drug-likeness (QED) is 0.789. The minimum atomic E-state index is -4.51. The predicted molar refractivity (Wildman–Crippen MR) is 58.3 cm³/mol. The zero-order valence-corrected chi connectivity index (χ0v) is 9.19. The third-order valence-electron chi connectivity index (χ3n) is 2.34. The number of aldehydes is 1. The molecule has 0 N–H and O–H groups in total. The van der Waals surface area contributed by atoms with Crippen molar-refractivity contribution in [3.63, 3.8) is 0 Å². The summed E-state index contributed by atoms with van der Waals surface area (Å²) in [6.45, 7) is 0. The van der Waals surface area contributed by atoms with Crippen molar-refractivity contribution in [3.05, 3.63) is 47.8 Å². The molecule has 0 spiro atoms. The molecule has 1 aromatic carbocycles.